The molecule has 3 saturated heterocycles. The average molecular weight is 378 g/mol. The standard InChI is InChI=1S/C18H18O9/c19-16(20)13-10(1-7-4-25-7)14(17(21)22)12(3-9-6-27-9)15(18(23)24)11(13)2-8-5-26-8/h7-9H,1-6H2,(H,19,20)(H,21,22)(H,23,24). The maximum absolute atomic E-state index is 12.0. The molecule has 3 N–H and O–H groups in total. The van der Waals surface area contributed by atoms with E-state index in [1.165, 1.54) is 0 Å². The number of carboxylic acids is 3. The molecule has 0 bridgehead atoms. The van der Waals surface area contributed by atoms with Gasteiger partial charge in [0.05, 0.1) is 54.8 Å². The van der Waals surface area contributed by atoms with Crippen LogP contribution in [0.1, 0.15) is 47.8 Å². The zero-order valence-electron chi connectivity index (χ0n) is 14.3. The SMILES string of the molecule is O=C(O)c1c(CC2CO2)c(C(=O)O)c(CC2CO2)c(C(=O)O)c1CC1CO1. The Morgan fingerprint density at radius 1 is 0.630 bits per heavy atom. The second-order valence-corrected chi connectivity index (χ2v) is 6.95. The van der Waals surface area contributed by atoms with E-state index in [1.54, 1.807) is 0 Å². The second kappa shape index (κ2) is 6.59. The minimum atomic E-state index is -1.35. The van der Waals surface area contributed by atoms with Crippen LogP contribution in [0, 0.1) is 0 Å². The lowest BCUT2D eigenvalue weighted by atomic mass is 9.81. The van der Waals surface area contributed by atoms with Crippen molar-refractivity contribution < 1.29 is 43.9 Å². The number of aromatic carboxylic acids is 3. The molecule has 3 heterocycles. The Kier molecular flexibility index (Phi) is 4.37. The van der Waals surface area contributed by atoms with E-state index >= 15 is 0 Å². The lowest BCUT2D eigenvalue weighted by Gasteiger charge is -2.21. The molecule has 3 aliphatic rings. The van der Waals surface area contributed by atoms with E-state index in [2.05, 4.69) is 0 Å². The van der Waals surface area contributed by atoms with E-state index in [1.807, 2.05) is 0 Å². The van der Waals surface area contributed by atoms with Crippen molar-refractivity contribution in [3.8, 4) is 0 Å². The van der Waals surface area contributed by atoms with Crippen LogP contribution in [0.2, 0.25) is 0 Å². The van der Waals surface area contributed by atoms with E-state index in [-0.39, 0.29) is 71.0 Å². The fraction of sp³-hybridized carbons (Fsp3) is 0.500. The topological polar surface area (TPSA) is 149 Å². The Balaban J connectivity index is 2.00. The number of carbonyl (C=O) groups is 3. The second-order valence-electron chi connectivity index (χ2n) is 6.95. The molecule has 144 valence electrons. The highest BCUT2D eigenvalue weighted by Gasteiger charge is 2.39. The van der Waals surface area contributed by atoms with Crippen LogP contribution in [0.25, 0.3) is 0 Å². The fourth-order valence-electron chi connectivity index (χ4n) is 3.55. The highest BCUT2D eigenvalue weighted by atomic mass is 16.6. The van der Waals surface area contributed by atoms with Crippen molar-refractivity contribution in [1.82, 2.24) is 0 Å². The number of rotatable bonds is 9. The Labute approximate surface area is 153 Å². The largest absolute Gasteiger partial charge is 0.478 e. The van der Waals surface area contributed by atoms with Crippen molar-refractivity contribution in [2.45, 2.75) is 37.6 Å². The third-order valence-electron chi connectivity index (χ3n) is 4.95. The summed E-state index contributed by atoms with van der Waals surface area (Å²) in [6.45, 7) is 1.25. The van der Waals surface area contributed by atoms with E-state index in [9.17, 15) is 29.7 Å². The summed E-state index contributed by atoms with van der Waals surface area (Å²) in [5.74, 6) is -4.04. The van der Waals surface area contributed by atoms with Crippen LogP contribution in [-0.4, -0.2) is 71.4 Å². The first-order valence-electron chi connectivity index (χ1n) is 8.62. The number of carboxylic acid groups (broad SMARTS) is 3. The van der Waals surface area contributed by atoms with Gasteiger partial charge >= 0.3 is 17.9 Å². The highest BCUT2D eigenvalue weighted by molar-refractivity contribution is 6.05. The predicted octanol–water partition coefficient (Wildman–Crippen LogP) is 0.605. The summed E-state index contributed by atoms with van der Waals surface area (Å²) < 4.78 is 15.5. The zero-order valence-corrected chi connectivity index (χ0v) is 14.3. The van der Waals surface area contributed by atoms with Crippen molar-refractivity contribution in [2.75, 3.05) is 19.8 Å². The molecule has 0 aromatic heterocycles. The van der Waals surface area contributed by atoms with Crippen LogP contribution >= 0.6 is 0 Å². The van der Waals surface area contributed by atoms with Crippen LogP contribution in [0.15, 0.2) is 0 Å². The summed E-state index contributed by atoms with van der Waals surface area (Å²) in [7, 11) is 0. The summed E-state index contributed by atoms with van der Waals surface area (Å²) in [4.78, 5) is 36.1. The number of epoxide rings is 3. The smallest absolute Gasteiger partial charge is 0.336 e. The summed E-state index contributed by atoms with van der Waals surface area (Å²) >= 11 is 0. The molecule has 0 radical (unpaired) electrons. The summed E-state index contributed by atoms with van der Waals surface area (Å²) in [5, 5.41) is 29.5. The molecule has 1 aromatic rings. The van der Waals surface area contributed by atoms with E-state index in [4.69, 9.17) is 14.2 Å². The van der Waals surface area contributed by atoms with E-state index in [0.717, 1.165) is 0 Å². The van der Waals surface area contributed by atoms with Crippen molar-refractivity contribution in [1.29, 1.82) is 0 Å². The summed E-state index contributed by atoms with van der Waals surface area (Å²) in [5.41, 5.74) is -0.403. The van der Waals surface area contributed by atoms with Crippen molar-refractivity contribution >= 4 is 17.9 Å². The molecular formula is C18H18O9. The van der Waals surface area contributed by atoms with E-state index < -0.39 is 17.9 Å². The number of hydrogen-bond acceptors (Lipinski definition) is 6. The summed E-state index contributed by atoms with van der Waals surface area (Å²) in [6.07, 6.45) is -0.438. The molecule has 9 heteroatoms. The molecule has 0 amide bonds. The van der Waals surface area contributed by atoms with Gasteiger partial charge in [-0.25, -0.2) is 14.4 Å². The zero-order chi connectivity index (χ0) is 19.3. The monoisotopic (exact) mass is 378 g/mol. The van der Waals surface area contributed by atoms with Gasteiger partial charge < -0.3 is 29.5 Å². The van der Waals surface area contributed by atoms with Gasteiger partial charge in [0.15, 0.2) is 0 Å². The van der Waals surface area contributed by atoms with Crippen molar-refractivity contribution in [2.24, 2.45) is 0 Å². The quantitative estimate of drug-likeness (QED) is 0.525. The molecule has 0 spiro atoms. The van der Waals surface area contributed by atoms with Crippen LogP contribution in [-0.2, 0) is 33.5 Å². The molecule has 3 unspecified atom stereocenters. The lowest BCUT2D eigenvalue weighted by Crippen LogP contribution is -2.24. The Bertz CT molecular complexity index is 701. The maximum atomic E-state index is 12.0. The Morgan fingerprint density at radius 3 is 1.00 bits per heavy atom. The van der Waals surface area contributed by atoms with Crippen LogP contribution < -0.4 is 0 Å². The Hall–Kier alpha value is -2.49. The van der Waals surface area contributed by atoms with Gasteiger partial charge in [-0.2, -0.15) is 0 Å². The van der Waals surface area contributed by atoms with Gasteiger partial charge in [-0.3, -0.25) is 0 Å². The molecule has 0 aliphatic carbocycles. The average Bonchev–Trinajstić information content (AvgIpc) is 3.39. The molecule has 1 aromatic carbocycles. The van der Waals surface area contributed by atoms with Gasteiger partial charge in [0.25, 0.3) is 0 Å². The van der Waals surface area contributed by atoms with Crippen molar-refractivity contribution in [3.05, 3.63) is 33.4 Å². The van der Waals surface area contributed by atoms with Crippen molar-refractivity contribution in [3.63, 3.8) is 0 Å². The lowest BCUT2D eigenvalue weighted by molar-refractivity contribution is 0.0693. The van der Waals surface area contributed by atoms with Gasteiger partial charge in [-0.1, -0.05) is 0 Å². The number of benzene rings is 1. The first kappa shape index (κ1) is 17.9. The minimum Gasteiger partial charge on any atom is -0.478 e. The molecule has 3 fully saturated rings. The number of hydrogen-bond donors (Lipinski definition) is 3. The van der Waals surface area contributed by atoms with Crippen LogP contribution in [0.5, 0.6) is 0 Å². The molecule has 0 saturated carbocycles. The molecule has 3 aliphatic heterocycles. The first-order chi connectivity index (χ1) is 12.9. The van der Waals surface area contributed by atoms with Gasteiger partial charge in [0.2, 0.25) is 0 Å². The predicted molar refractivity (Wildman–Crippen MR) is 87.7 cm³/mol. The maximum Gasteiger partial charge on any atom is 0.336 e. The van der Waals surface area contributed by atoms with Gasteiger partial charge in [0.1, 0.15) is 0 Å². The van der Waals surface area contributed by atoms with Crippen LogP contribution in [0.3, 0.4) is 0 Å². The van der Waals surface area contributed by atoms with Gasteiger partial charge in [0, 0.05) is 19.3 Å². The fourth-order valence-corrected chi connectivity index (χ4v) is 3.55. The number of ether oxygens (including phenoxy) is 3. The normalized spacial score (nSPS) is 25.1. The molecule has 9 nitrogen and oxygen atoms in total. The molecule has 3 atom stereocenters. The summed E-state index contributed by atoms with van der Waals surface area (Å²) in [6, 6.07) is 0. The van der Waals surface area contributed by atoms with Gasteiger partial charge in [-0.05, 0) is 16.7 Å². The van der Waals surface area contributed by atoms with Gasteiger partial charge in [-0.15, -0.1) is 0 Å². The molecule has 4 rings (SSSR count). The van der Waals surface area contributed by atoms with E-state index in [0.29, 0.717) is 19.8 Å². The molecular weight excluding hydrogens is 360 g/mol. The molecule has 27 heavy (non-hydrogen) atoms. The third kappa shape index (κ3) is 3.66. The minimum absolute atomic E-state index is 0.111. The van der Waals surface area contributed by atoms with Crippen LogP contribution in [0.4, 0.5) is 0 Å². The third-order valence-corrected chi connectivity index (χ3v) is 4.95. The highest BCUT2D eigenvalue weighted by Crippen LogP contribution is 2.36. The first-order valence-corrected chi connectivity index (χ1v) is 8.62. The Morgan fingerprint density at radius 2 is 0.852 bits per heavy atom.